The fraction of sp³-hybridized carbons (Fsp3) is 0.400. The van der Waals surface area contributed by atoms with Crippen molar-refractivity contribution in [3.63, 3.8) is 0 Å². The number of benzene rings is 1. The van der Waals surface area contributed by atoms with Crippen LogP contribution >= 0.6 is 11.8 Å². The van der Waals surface area contributed by atoms with Crippen molar-refractivity contribution >= 4 is 17.5 Å². The Kier molecular flexibility index (Phi) is 5.52. The van der Waals surface area contributed by atoms with Crippen LogP contribution in [0.1, 0.15) is 36.5 Å². The van der Waals surface area contributed by atoms with E-state index >= 15 is 0 Å². The molecule has 0 fully saturated rings. The molecule has 0 saturated carbocycles. The van der Waals surface area contributed by atoms with Gasteiger partial charge in [-0.05, 0) is 13.3 Å². The van der Waals surface area contributed by atoms with E-state index in [4.69, 9.17) is 0 Å². The first kappa shape index (κ1) is 15.7. The first-order chi connectivity index (χ1) is 10.2. The van der Waals surface area contributed by atoms with Crippen LogP contribution < -0.4 is 0 Å². The molecular formula is C15H19N3O2S. The van der Waals surface area contributed by atoms with Gasteiger partial charge in [-0.2, -0.15) is 0 Å². The van der Waals surface area contributed by atoms with Gasteiger partial charge >= 0.3 is 0 Å². The molecule has 1 aromatic carbocycles. The number of hydrogen-bond acceptors (Lipinski definition) is 5. The topological polar surface area (TPSA) is 68.0 Å². The normalized spacial score (nSPS) is 12.3. The monoisotopic (exact) mass is 305 g/mol. The van der Waals surface area contributed by atoms with Gasteiger partial charge in [0.1, 0.15) is 6.61 Å². The lowest BCUT2D eigenvalue weighted by molar-refractivity contribution is 0.0994. The first-order valence-corrected chi connectivity index (χ1v) is 7.84. The molecule has 1 aromatic heterocycles. The standard InChI is InChI=1S/C15H19N3O2S/c1-3-9-18-13(10-19)16-17-15(18)21-11(2)14(20)12-7-5-4-6-8-12/h4-8,11,19H,3,9-10H2,1-2H3. The minimum Gasteiger partial charge on any atom is -0.388 e. The molecular weight excluding hydrogens is 286 g/mol. The molecule has 2 rings (SSSR count). The van der Waals surface area contributed by atoms with Crippen molar-refractivity contribution < 1.29 is 9.90 Å². The second-order valence-corrected chi connectivity index (χ2v) is 6.01. The summed E-state index contributed by atoms with van der Waals surface area (Å²) in [5, 5.41) is 17.8. The molecule has 0 aliphatic carbocycles. The summed E-state index contributed by atoms with van der Waals surface area (Å²) in [5.74, 6) is 0.607. The van der Waals surface area contributed by atoms with E-state index in [1.165, 1.54) is 11.8 Å². The molecule has 1 N–H and O–H groups in total. The van der Waals surface area contributed by atoms with Gasteiger partial charge in [-0.15, -0.1) is 10.2 Å². The Bertz CT molecular complexity index is 598. The van der Waals surface area contributed by atoms with Gasteiger partial charge in [0.25, 0.3) is 0 Å². The average Bonchev–Trinajstić information content (AvgIpc) is 2.90. The fourth-order valence-electron chi connectivity index (χ4n) is 2.02. The third kappa shape index (κ3) is 3.71. The smallest absolute Gasteiger partial charge is 0.191 e. The maximum Gasteiger partial charge on any atom is 0.191 e. The zero-order valence-corrected chi connectivity index (χ0v) is 13.0. The summed E-state index contributed by atoms with van der Waals surface area (Å²) in [4.78, 5) is 12.4. The van der Waals surface area contributed by atoms with E-state index in [2.05, 4.69) is 10.2 Å². The van der Waals surface area contributed by atoms with Crippen molar-refractivity contribution in [3.8, 4) is 0 Å². The summed E-state index contributed by atoms with van der Waals surface area (Å²) in [7, 11) is 0. The highest BCUT2D eigenvalue weighted by atomic mass is 32.2. The molecule has 6 heteroatoms. The molecule has 0 saturated heterocycles. The van der Waals surface area contributed by atoms with Crippen LogP contribution in [0.15, 0.2) is 35.5 Å². The first-order valence-electron chi connectivity index (χ1n) is 6.96. The number of aliphatic hydroxyl groups is 1. The number of carbonyl (C=O) groups is 1. The number of ketones is 1. The molecule has 1 atom stereocenters. The van der Waals surface area contributed by atoms with Gasteiger partial charge in [-0.25, -0.2) is 0 Å². The van der Waals surface area contributed by atoms with Crippen molar-refractivity contribution in [2.24, 2.45) is 0 Å². The Morgan fingerprint density at radius 1 is 1.33 bits per heavy atom. The third-order valence-corrected chi connectivity index (χ3v) is 4.17. The summed E-state index contributed by atoms with van der Waals surface area (Å²) in [6, 6.07) is 9.23. The Labute approximate surface area is 128 Å². The van der Waals surface area contributed by atoms with E-state index in [0.717, 1.165) is 13.0 Å². The van der Waals surface area contributed by atoms with Crippen LogP contribution in [0.2, 0.25) is 0 Å². The highest BCUT2D eigenvalue weighted by molar-refractivity contribution is 8.00. The van der Waals surface area contributed by atoms with Crippen LogP contribution in [-0.2, 0) is 13.2 Å². The second kappa shape index (κ2) is 7.38. The number of hydrogen-bond donors (Lipinski definition) is 1. The molecule has 0 radical (unpaired) electrons. The van der Waals surface area contributed by atoms with Crippen LogP contribution in [0.25, 0.3) is 0 Å². The summed E-state index contributed by atoms with van der Waals surface area (Å²) < 4.78 is 1.87. The predicted molar refractivity (Wildman–Crippen MR) is 82.3 cm³/mol. The van der Waals surface area contributed by atoms with E-state index in [1.54, 1.807) is 0 Å². The molecule has 0 aliphatic heterocycles. The van der Waals surface area contributed by atoms with E-state index < -0.39 is 0 Å². The average molecular weight is 305 g/mol. The number of aromatic nitrogens is 3. The predicted octanol–water partition coefficient (Wildman–Crippen LogP) is 2.54. The fourth-order valence-corrected chi connectivity index (χ4v) is 2.99. The number of thioether (sulfide) groups is 1. The summed E-state index contributed by atoms with van der Waals surface area (Å²) in [6.45, 7) is 4.50. The highest BCUT2D eigenvalue weighted by Gasteiger charge is 2.20. The Hall–Kier alpha value is -1.66. The van der Waals surface area contributed by atoms with Crippen molar-refractivity contribution in [1.29, 1.82) is 0 Å². The molecule has 21 heavy (non-hydrogen) atoms. The zero-order chi connectivity index (χ0) is 15.2. The Morgan fingerprint density at radius 2 is 2.05 bits per heavy atom. The van der Waals surface area contributed by atoms with Gasteiger partial charge in [-0.1, -0.05) is 49.0 Å². The molecule has 5 nitrogen and oxygen atoms in total. The Balaban J connectivity index is 2.14. The largest absolute Gasteiger partial charge is 0.388 e. The van der Waals surface area contributed by atoms with Crippen molar-refractivity contribution in [2.75, 3.05) is 0 Å². The van der Waals surface area contributed by atoms with Crippen LogP contribution in [0, 0.1) is 0 Å². The van der Waals surface area contributed by atoms with Gasteiger partial charge in [-0.3, -0.25) is 4.79 Å². The SMILES string of the molecule is CCCn1c(CO)nnc1SC(C)C(=O)c1ccccc1. The Morgan fingerprint density at radius 3 is 2.67 bits per heavy atom. The molecule has 112 valence electrons. The molecule has 2 aromatic rings. The van der Waals surface area contributed by atoms with Crippen LogP contribution in [0.4, 0.5) is 0 Å². The van der Waals surface area contributed by atoms with Crippen molar-refractivity contribution in [2.45, 2.75) is 43.8 Å². The molecule has 1 unspecified atom stereocenters. The van der Waals surface area contributed by atoms with Crippen molar-refractivity contribution in [3.05, 3.63) is 41.7 Å². The number of nitrogens with zero attached hydrogens (tertiary/aromatic N) is 3. The maximum absolute atomic E-state index is 12.4. The molecule has 0 aliphatic rings. The van der Waals surface area contributed by atoms with Crippen molar-refractivity contribution in [1.82, 2.24) is 14.8 Å². The zero-order valence-electron chi connectivity index (χ0n) is 12.2. The molecule has 0 bridgehead atoms. The lowest BCUT2D eigenvalue weighted by atomic mass is 10.1. The third-order valence-electron chi connectivity index (χ3n) is 3.09. The molecule has 0 amide bonds. The van der Waals surface area contributed by atoms with Crippen LogP contribution in [0.3, 0.4) is 0 Å². The van der Waals surface area contributed by atoms with Gasteiger partial charge in [0.05, 0.1) is 5.25 Å². The van der Waals surface area contributed by atoms with Crippen LogP contribution in [0.5, 0.6) is 0 Å². The highest BCUT2D eigenvalue weighted by Crippen LogP contribution is 2.25. The van der Waals surface area contributed by atoms with Gasteiger partial charge in [0.2, 0.25) is 0 Å². The number of Topliss-reactive ketones (excluding diaryl/α,β-unsaturated/α-hetero) is 1. The number of rotatable bonds is 7. The quantitative estimate of drug-likeness (QED) is 0.629. The minimum absolute atomic E-state index is 0.0668. The lowest BCUT2D eigenvalue weighted by Gasteiger charge is -2.11. The van der Waals surface area contributed by atoms with Crippen LogP contribution in [-0.4, -0.2) is 30.9 Å². The summed E-state index contributed by atoms with van der Waals surface area (Å²) >= 11 is 1.38. The van der Waals surface area contributed by atoms with E-state index in [0.29, 0.717) is 16.5 Å². The molecule has 0 spiro atoms. The lowest BCUT2D eigenvalue weighted by Crippen LogP contribution is -2.15. The maximum atomic E-state index is 12.4. The summed E-state index contributed by atoms with van der Waals surface area (Å²) in [6.07, 6.45) is 0.916. The number of carbonyl (C=O) groups excluding carboxylic acids is 1. The van der Waals surface area contributed by atoms with E-state index in [-0.39, 0.29) is 17.6 Å². The van der Waals surface area contributed by atoms with E-state index in [1.807, 2.05) is 48.7 Å². The van der Waals surface area contributed by atoms with Gasteiger partial charge < -0.3 is 9.67 Å². The number of aliphatic hydroxyl groups excluding tert-OH is 1. The van der Waals surface area contributed by atoms with Gasteiger partial charge in [0.15, 0.2) is 16.8 Å². The minimum atomic E-state index is -0.251. The molecule has 1 heterocycles. The van der Waals surface area contributed by atoms with E-state index in [9.17, 15) is 9.90 Å². The second-order valence-electron chi connectivity index (χ2n) is 4.70. The van der Waals surface area contributed by atoms with Gasteiger partial charge in [0, 0.05) is 12.1 Å². The summed E-state index contributed by atoms with van der Waals surface area (Å²) in [5.41, 5.74) is 0.696.